The first-order chi connectivity index (χ1) is 11.2. The maximum absolute atomic E-state index is 12.5. The molecule has 7 heteroatoms. The van der Waals surface area contributed by atoms with E-state index in [1.807, 2.05) is 36.2 Å². The maximum atomic E-state index is 12.5. The van der Waals surface area contributed by atoms with Gasteiger partial charge in [0.25, 0.3) is 11.9 Å². The number of aromatic nitrogens is 3. The standard InChI is InChI=1S/C16H17N5O2/c1-19-11-17-10-13(19)15(22)20-6-8-21(9-7-20)16-18-12-4-2-3-5-14(12)23-16/h2-5,10-11H,6-9H2,1H3. The summed E-state index contributed by atoms with van der Waals surface area (Å²) in [6, 6.07) is 8.35. The van der Waals surface area contributed by atoms with E-state index in [0.717, 1.165) is 11.1 Å². The molecule has 0 saturated carbocycles. The molecule has 0 N–H and O–H groups in total. The number of carbonyl (C=O) groups is 1. The van der Waals surface area contributed by atoms with E-state index in [4.69, 9.17) is 4.42 Å². The first-order valence-corrected chi connectivity index (χ1v) is 7.58. The second-order valence-corrected chi connectivity index (χ2v) is 5.63. The van der Waals surface area contributed by atoms with E-state index in [1.54, 1.807) is 17.1 Å². The monoisotopic (exact) mass is 311 g/mol. The second kappa shape index (κ2) is 5.42. The minimum Gasteiger partial charge on any atom is -0.423 e. The lowest BCUT2D eigenvalue weighted by Gasteiger charge is -2.33. The first-order valence-electron chi connectivity index (χ1n) is 7.58. The van der Waals surface area contributed by atoms with Gasteiger partial charge in [0.15, 0.2) is 5.58 Å². The number of amides is 1. The number of para-hydroxylation sites is 2. The maximum Gasteiger partial charge on any atom is 0.298 e. The van der Waals surface area contributed by atoms with Crippen molar-refractivity contribution in [2.45, 2.75) is 0 Å². The summed E-state index contributed by atoms with van der Waals surface area (Å²) < 4.78 is 7.54. The van der Waals surface area contributed by atoms with Crippen LogP contribution in [0.1, 0.15) is 10.5 Å². The molecule has 0 unspecified atom stereocenters. The van der Waals surface area contributed by atoms with Crippen molar-refractivity contribution in [1.29, 1.82) is 0 Å². The lowest BCUT2D eigenvalue weighted by Crippen LogP contribution is -2.49. The van der Waals surface area contributed by atoms with E-state index in [2.05, 4.69) is 14.9 Å². The predicted molar refractivity (Wildman–Crippen MR) is 85.3 cm³/mol. The molecule has 0 aliphatic carbocycles. The third-order valence-corrected chi connectivity index (χ3v) is 4.16. The third kappa shape index (κ3) is 2.44. The molecule has 3 aromatic rings. The Labute approximate surface area is 133 Å². The molecule has 1 aliphatic heterocycles. The Hall–Kier alpha value is -2.83. The Morgan fingerprint density at radius 1 is 1.17 bits per heavy atom. The van der Waals surface area contributed by atoms with E-state index < -0.39 is 0 Å². The Morgan fingerprint density at radius 2 is 1.96 bits per heavy atom. The number of benzene rings is 1. The summed E-state index contributed by atoms with van der Waals surface area (Å²) in [5.41, 5.74) is 2.26. The zero-order valence-electron chi connectivity index (χ0n) is 12.8. The van der Waals surface area contributed by atoms with Crippen molar-refractivity contribution in [3.05, 3.63) is 42.5 Å². The number of piperazine rings is 1. The fourth-order valence-corrected chi connectivity index (χ4v) is 2.82. The van der Waals surface area contributed by atoms with Crippen LogP contribution in [0.2, 0.25) is 0 Å². The molecular weight excluding hydrogens is 294 g/mol. The molecule has 2 aromatic heterocycles. The van der Waals surface area contributed by atoms with Crippen LogP contribution in [0, 0.1) is 0 Å². The van der Waals surface area contributed by atoms with E-state index in [1.165, 1.54) is 0 Å². The lowest BCUT2D eigenvalue weighted by atomic mass is 10.3. The van der Waals surface area contributed by atoms with Crippen molar-refractivity contribution in [1.82, 2.24) is 19.4 Å². The summed E-state index contributed by atoms with van der Waals surface area (Å²) >= 11 is 0. The van der Waals surface area contributed by atoms with Crippen LogP contribution in [0.3, 0.4) is 0 Å². The zero-order valence-corrected chi connectivity index (χ0v) is 12.8. The van der Waals surface area contributed by atoms with Crippen molar-refractivity contribution in [2.24, 2.45) is 7.05 Å². The van der Waals surface area contributed by atoms with Crippen LogP contribution in [0.4, 0.5) is 6.01 Å². The van der Waals surface area contributed by atoms with Crippen LogP contribution in [0.5, 0.6) is 0 Å². The molecule has 0 spiro atoms. The number of carbonyl (C=O) groups excluding carboxylic acids is 1. The molecule has 7 nitrogen and oxygen atoms in total. The Morgan fingerprint density at radius 3 is 2.65 bits per heavy atom. The van der Waals surface area contributed by atoms with Gasteiger partial charge in [-0.2, -0.15) is 4.98 Å². The van der Waals surface area contributed by atoms with Crippen molar-refractivity contribution in [3.8, 4) is 0 Å². The van der Waals surface area contributed by atoms with Crippen molar-refractivity contribution in [2.75, 3.05) is 31.1 Å². The van der Waals surface area contributed by atoms with Gasteiger partial charge in [-0.1, -0.05) is 12.1 Å². The Bertz CT molecular complexity index is 812. The van der Waals surface area contributed by atoms with E-state index >= 15 is 0 Å². The molecule has 1 fully saturated rings. The molecule has 0 atom stereocenters. The van der Waals surface area contributed by atoms with Gasteiger partial charge in [0.2, 0.25) is 0 Å². The highest BCUT2D eigenvalue weighted by Gasteiger charge is 2.25. The van der Waals surface area contributed by atoms with Crippen LogP contribution in [-0.4, -0.2) is 51.5 Å². The minimum atomic E-state index is 0.0159. The molecule has 23 heavy (non-hydrogen) atoms. The molecule has 1 aliphatic rings. The number of fused-ring (bicyclic) bond motifs is 1. The largest absolute Gasteiger partial charge is 0.423 e. The molecule has 3 heterocycles. The Kier molecular flexibility index (Phi) is 3.25. The molecule has 0 radical (unpaired) electrons. The van der Waals surface area contributed by atoms with Crippen molar-refractivity contribution in [3.63, 3.8) is 0 Å². The summed E-state index contributed by atoms with van der Waals surface area (Å²) in [5, 5.41) is 0. The van der Waals surface area contributed by atoms with Crippen LogP contribution < -0.4 is 4.90 Å². The van der Waals surface area contributed by atoms with Gasteiger partial charge in [-0.15, -0.1) is 0 Å². The summed E-state index contributed by atoms with van der Waals surface area (Å²) in [5.74, 6) is 0.0159. The fourth-order valence-electron chi connectivity index (χ4n) is 2.82. The molecular formula is C16H17N5O2. The number of nitrogens with zero attached hydrogens (tertiary/aromatic N) is 5. The highest BCUT2D eigenvalue weighted by Crippen LogP contribution is 2.22. The molecule has 1 saturated heterocycles. The molecule has 1 amide bonds. The number of anilines is 1. The quantitative estimate of drug-likeness (QED) is 0.718. The number of hydrogen-bond donors (Lipinski definition) is 0. The smallest absolute Gasteiger partial charge is 0.298 e. The van der Waals surface area contributed by atoms with Crippen LogP contribution >= 0.6 is 0 Å². The lowest BCUT2D eigenvalue weighted by molar-refractivity contribution is 0.0735. The number of aryl methyl sites for hydroxylation is 1. The fraction of sp³-hybridized carbons (Fsp3) is 0.312. The van der Waals surface area contributed by atoms with E-state index in [-0.39, 0.29) is 5.91 Å². The average molecular weight is 311 g/mol. The van der Waals surface area contributed by atoms with Gasteiger partial charge in [0.1, 0.15) is 11.2 Å². The first kappa shape index (κ1) is 13.8. The van der Waals surface area contributed by atoms with Gasteiger partial charge >= 0.3 is 0 Å². The summed E-state index contributed by atoms with van der Waals surface area (Å²) in [6.07, 6.45) is 3.25. The van der Waals surface area contributed by atoms with Crippen LogP contribution in [-0.2, 0) is 7.05 Å². The summed E-state index contributed by atoms with van der Waals surface area (Å²) in [7, 11) is 1.83. The highest BCUT2D eigenvalue weighted by atomic mass is 16.4. The summed E-state index contributed by atoms with van der Waals surface area (Å²) in [6.45, 7) is 2.69. The van der Waals surface area contributed by atoms with Crippen molar-refractivity contribution < 1.29 is 9.21 Å². The molecule has 4 rings (SSSR count). The molecule has 1 aromatic carbocycles. The number of hydrogen-bond acceptors (Lipinski definition) is 5. The number of rotatable bonds is 2. The van der Waals surface area contributed by atoms with Gasteiger partial charge in [-0.25, -0.2) is 4.98 Å². The van der Waals surface area contributed by atoms with Gasteiger partial charge in [-0.05, 0) is 12.1 Å². The van der Waals surface area contributed by atoms with Gasteiger partial charge < -0.3 is 18.8 Å². The number of oxazole rings is 1. The normalized spacial score (nSPS) is 15.3. The van der Waals surface area contributed by atoms with Crippen LogP contribution in [0.15, 0.2) is 41.2 Å². The second-order valence-electron chi connectivity index (χ2n) is 5.63. The highest BCUT2D eigenvalue weighted by molar-refractivity contribution is 5.92. The van der Waals surface area contributed by atoms with Crippen LogP contribution in [0.25, 0.3) is 11.1 Å². The number of imidazole rings is 1. The Balaban J connectivity index is 1.46. The van der Waals surface area contributed by atoms with Gasteiger partial charge in [-0.3, -0.25) is 4.79 Å². The predicted octanol–water partition coefficient (Wildman–Crippen LogP) is 1.52. The van der Waals surface area contributed by atoms with Crippen molar-refractivity contribution >= 4 is 23.0 Å². The third-order valence-electron chi connectivity index (χ3n) is 4.16. The molecule has 0 bridgehead atoms. The molecule has 118 valence electrons. The van der Waals surface area contributed by atoms with E-state index in [0.29, 0.717) is 37.9 Å². The average Bonchev–Trinajstić information content (AvgIpc) is 3.20. The zero-order chi connectivity index (χ0) is 15.8. The minimum absolute atomic E-state index is 0.0159. The van der Waals surface area contributed by atoms with E-state index in [9.17, 15) is 4.79 Å². The topological polar surface area (TPSA) is 67.4 Å². The van der Waals surface area contributed by atoms with Gasteiger partial charge in [0, 0.05) is 33.2 Å². The summed E-state index contributed by atoms with van der Waals surface area (Å²) in [4.78, 5) is 24.9. The van der Waals surface area contributed by atoms with Gasteiger partial charge in [0.05, 0.1) is 12.5 Å². The SMILES string of the molecule is Cn1cncc1C(=O)N1CCN(c2nc3ccccc3o2)CC1.